The molecule has 0 aliphatic rings. The van der Waals surface area contributed by atoms with E-state index in [-0.39, 0.29) is 18.8 Å². The van der Waals surface area contributed by atoms with Gasteiger partial charge in [-0.15, -0.1) is 0 Å². The van der Waals surface area contributed by atoms with E-state index in [9.17, 15) is 5.11 Å². The summed E-state index contributed by atoms with van der Waals surface area (Å²) in [6.07, 6.45) is 17.0. The van der Waals surface area contributed by atoms with Crippen LogP contribution in [0.2, 0.25) is 0 Å². The SMILES string of the molecule is CCCCCCCCCCCCCC[C@@H](OCc1ccccc1)[C@@H](N)CO. The van der Waals surface area contributed by atoms with Gasteiger partial charge in [-0.3, -0.25) is 0 Å². The third kappa shape index (κ3) is 13.0. The first-order valence-electron chi connectivity index (χ1n) is 11.3. The topological polar surface area (TPSA) is 55.5 Å². The van der Waals surface area contributed by atoms with Crippen LogP contribution in [0, 0.1) is 0 Å². The van der Waals surface area contributed by atoms with Crippen molar-refractivity contribution >= 4 is 0 Å². The molecule has 3 heteroatoms. The second kappa shape index (κ2) is 17.2. The number of aliphatic hydroxyl groups is 1. The number of unbranched alkanes of at least 4 members (excludes halogenated alkanes) is 11. The van der Waals surface area contributed by atoms with Gasteiger partial charge in [0.05, 0.1) is 25.4 Å². The molecule has 0 aliphatic carbocycles. The average Bonchev–Trinajstić information content (AvgIpc) is 2.71. The van der Waals surface area contributed by atoms with Crippen molar-refractivity contribution in [2.24, 2.45) is 5.73 Å². The maximum Gasteiger partial charge on any atom is 0.0752 e. The second-order valence-corrected chi connectivity index (χ2v) is 7.86. The van der Waals surface area contributed by atoms with Crippen molar-refractivity contribution in [2.45, 2.75) is 109 Å². The quantitative estimate of drug-likeness (QED) is 0.309. The van der Waals surface area contributed by atoms with E-state index in [1.807, 2.05) is 18.2 Å². The van der Waals surface area contributed by atoms with Crippen LogP contribution in [0.25, 0.3) is 0 Å². The van der Waals surface area contributed by atoms with Crippen LogP contribution in [-0.2, 0) is 11.3 Å². The van der Waals surface area contributed by atoms with Gasteiger partial charge < -0.3 is 15.6 Å². The highest BCUT2D eigenvalue weighted by Crippen LogP contribution is 2.15. The molecular formula is C24H43NO2. The van der Waals surface area contributed by atoms with E-state index >= 15 is 0 Å². The number of aliphatic hydroxyl groups excluding tert-OH is 1. The Hall–Kier alpha value is -0.900. The Morgan fingerprint density at radius 1 is 0.815 bits per heavy atom. The Labute approximate surface area is 167 Å². The first-order chi connectivity index (χ1) is 13.3. The molecule has 1 rings (SSSR count). The molecule has 0 fully saturated rings. The molecule has 0 saturated heterocycles. The molecule has 0 amide bonds. The molecular weight excluding hydrogens is 334 g/mol. The van der Waals surface area contributed by atoms with Gasteiger partial charge in [-0.1, -0.05) is 114 Å². The summed E-state index contributed by atoms with van der Waals surface area (Å²) >= 11 is 0. The molecule has 1 aromatic rings. The Bertz CT molecular complexity index is 424. The Morgan fingerprint density at radius 3 is 1.85 bits per heavy atom. The van der Waals surface area contributed by atoms with Crippen molar-refractivity contribution < 1.29 is 9.84 Å². The minimum Gasteiger partial charge on any atom is -0.395 e. The third-order valence-electron chi connectivity index (χ3n) is 5.34. The summed E-state index contributed by atoms with van der Waals surface area (Å²) < 4.78 is 6.00. The molecule has 0 aromatic heterocycles. The van der Waals surface area contributed by atoms with Gasteiger partial charge in [-0.05, 0) is 12.0 Å². The Balaban J connectivity index is 2.03. The summed E-state index contributed by atoms with van der Waals surface area (Å²) in [5.74, 6) is 0. The van der Waals surface area contributed by atoms with E-state index in [1.165, 1.54) is 70.6 Å². The van der Waals surface area contributed by atoms with Crippen LogP contribution >= 0.6 is 0 Å². The summed E-state index contributed by atoms with van der Waals surface area (Å²) in [5.41, 5.74) is 7.20. The first-order valence-corrected chi connectivity index (χ1v) is 11.3. The molecule has 156 valence electrons. The molecule has 3 nitrogen and oxygen atoms in total. The second-order valence-electron chi connectivity index (χ2n) is 7.86. The van der Waals surface area contributed by atoms with E-state index in [4.69, 9.17) is 10.5 Å². The van der Waals surface area contributed by atoms with Crippen LogP contribution < -0.4 is 5.73 Å². The highest BCUT2D eigenvalue weighted by atomic mass is 16.5. The van der Waals surface area contributed by atoms with Gasteiger partial charge in [-0.2, -0.15) is 0 Å². The maximum absolute atomic E-state index is 9.39. The van der Waals surface area contributed by atoms with E-state index in [2.05, 4.69) is 19.1 Å². The lowest BCUT2D eigenvalue weighted by Gasteiger charge is -2.23. The van der Waals surface area contributed by atoms with Crippen LogP contribution in [0.1, 0.15) is 96.0 Å². The van der Waals surface area contributed by atoms with Gasteiger partial charge in [-0.25, -0.2) is 0 Å². The Morgan fingerprint density at radius 2 is 1.33 bits per heavy atom. The third-order valence-corrected chi connectivity index (χ3v) is 5.34. The van der Waals surface area contributed by atoms with E-state index in [0.717, 1.165) is 18.4 Å². The lowest BCUT2D eigenvalue weighted by Crippen LogP contribution is -2.39. The van der Waals surface area contributed by atoms with Crippen molar-refractivity contribution in [3.63, 3.8) is 0 Å². The number of hydrogen-bond acceptors (Lipinski definition) is 3. The molecule has 2 atom stereocenters. The zero-order valence-electron chi connectivity index (χ0n) is 17.6. The Kier molecular flexibility index (Phi) is 15.4. The number of rotatable bonds is 18. The van der Waals surface area contributed by atoms with Crippen LogP contribution in [0.15, 0.2) is 30.3 Å². The van der Waals surface area contributed by atoms with E-state index in [1.54, 1.807) is 0 Å². The number of benzene rings is 1. The van der Waals surface area contributed by atoms with Crippen molar-refractivity contribution in [2.75, 3.05) is 6.61 Å². The number of hydrogen-bond donors (Lipinski definition) is 2. The highest BCUT2D eigenvalue weighted by Gasteiger charge is 2.17. The summed E-state index contributed by atoms with van der Waals surface area (Å²) in [5, 5.41) is 9.39. The fourth-order valence-electron chi connectivity index (χ4n) is 3.50. The van der Waals surface area contributed by atoms with Gasteiger partial charge in [0.15, 0.2) is 0 Å². The molecule has 0 unspecified atom stereocenters. The maximum atomic E-state index is 9.39. The number of ether oxygens (including phenoxy) is 1. The summed E-state index contributed by atoms with van der Waals surface area (Å²) in [6.45, 7) is 2.82. The molecule has 27 heavy (non-hydrogen) atoms. The van der Waals surface area contributed by atoms with Gasteiger partial charge in [0.1, 0.15) is 0 Å². The summed E-state index contributed by atoms with van der Waals surface area (Å²) in [4.78, 5) is 0. The van der Waals surface area contributed by atoms with Crippen LogP contribution in [0.4, 0.5) is 0 Å². The number of nitrogens with two attached hydrogens (primary N) is 1. The predicted molar refractivity (Wildman–Crippen MR) is 116 cm³/mol. The highest BCUT2D eigenvalue weighted by molar-refractivity contribution is 5.13. The molecule has 0 aliphatic heterocycles. The monoisotopic (exact) mass is 377 g/mol. The molecule has 0 bridgehead atoms. The largest absolute Gasteiger partial charge is 0.395 e. The first kappa shape index (κ1) is 24.1. The van der Waals surface area contributed by atoms with Crippen molar-refractivity contribution in [1.29, 1.82) is 0 Å². The van der Waals surface area contributed by atoms with Crippen LogP contribution in [0.5, 0.6) is 0 Å². The molecule has 0 heterocycles. The zero-order chi connectivity index (χ0) is 19.6. The zero-order valence-corrected chi connectivity index (χ0v) is 17.6. The van der Waals surface area contributed by atoms with Gasteiger partial charge in [0.2, 0.25) is 0 Å². The smallest absolute Gasteiger partial charge is 0.0752 e. The van der Waals surface area contributed by atoms with Gasteiger partial charge >= 0.3 is 0 Å². The fourth-order valence-corrected chi connectivity index (χ4v) is 3.50. The van der Waals surface area contributed by atoms with Crippen molar-refractivity contribution in [1.82, 2.24) is 0 Å². The predicted octanol–water partition coefficient (Wildman–Crippen LogP) is 5.98. The van der Waals surface area contributed by atoms with Crippen molar-refractivity contribution in [3.8, 4) is 0 Å². The van der Waals surface area contributed by atoms with E-state index < -0.39 is 0 Å². The van der Waals surface area contributed by atoms with Crippen LogP contribution in [-0.4, -0.2) is 23.9 Å². The van der Waals surface area contributed by atoms with Gasteiger partial charge in [0.25, 0.3) is 0 Å². The average molecular weight is 378 g/mol. The lowest BCUT2D eigenvalue weighted by atomic mass is 10.0. The molecule has 1 aromatic carbocycles. The van der Waals surface area contributed by atoms with Crippen molar-refractivity contribution in [3.05, 3.63) is 35.9 Å². The minimum absolute atomic E-state index is 0.0162. The fraction of sp³-hybridized carbons (Fsp3) is 0.750. The standard InChI is InChI=1S/C24H43NO2/c1-2-3-4-5-6-7-8-9-10-11-12-16-19-24(23(25)20-26)27-21-22-17-14-13-15-18-22/h13-15,17-18,23-24,26H,2-12,16,19-21,25H2,1H3/t23-,24+/m0/s1. The van der Waals surface area contributed by atoms with Gasteiger partial charge in [0, 0.05) is 0 Å². The summed E-state index contributed by atoms with van der Waals surface area (Å²) in [6, 6.07) is 9.88. The lowest BCUT2D eigenvalue weighted by molar-refractivity contribution is 0.00395. The molecule has 0 spiro atoms. The molecule has 3 N–H and O–H groups in total. The minimum atomic E-state index is -0.290. The molecule has 0 radical (unpaired) electrons. The molecule has 0 saturated carbocycles. The summed E-state index contributed by atoms with van der Waals surface area (Å²) in [7, 11) is 0. The normalized spacial score (nSPS) is 13.6. The van der Waals surface area contributed by atoms with Crippen LogP contribution in [0.3, 0.4) is 0 Å². The van der Waals surface area contributed by atoms with E-state index in [0.29, 0.717) is 6.61 Å².